The number of benzene rings is 5. The summed E-state index contributed by atoms with van der Waals surface area (Å²) in [5.41, 5.74) is 5.98. The summed E-state index contributed by atoms with van der Waals surface area (Å²) in [7, 11) is 0. The molecule has 0 aliphatic heterocycles. The van der Waals surface area contributed by atoms with Crippen molar-refractivity contribution in [1.29, 1.82) is 0 Å². The fourth-order valence-corrected chi connectivity index (χ4v) is 5.91. The molecule has 0 N–H and O–H groups in total. The molecule has 0 bridgehead atoms. The van der Waals surface area contributed by atoms with E-state index in [1.54, 1.807) is 0 Å². The molecule has 0 fully saturated rings. The highest BCUT2D eigenvalue weighted by atomic mass is 15.1. The second kappa shape index (κ2) is 7.30. The summed E-state index contributed by atoms with van der Waals surface area (Å²) in [5.74, 6) is 0.933. The Morgan fingerprint density at radius 2 is 1.06 bits per heavy atom. The standard InChI is InChI=1S/C33H21N3/c1-2-10-22(11-3-1)35-29-15-7-5-13-27(29)32-24-17-18-25-23-12-4-6-14-28(23)36(31-16-8-9-21-34-31)33(25)26(24)19-20-30(32)35/h1-21H. The Balaban J connectivity index is 1.60. The maximum Gasteiger partial charge on any atom is 0.137 e. The van der Waals surface area contributed by atoms with Crippen molar-refractivity contribution in [3.8, 4) is 11.5 Å². The number of aromatic nitrogens is 3. The van der Waals surface area contributed by atoms with Crippen molar-refractivity contribution in [2.45, 2.75) is 0 Å². The summed E-state index contributed by atoms with van der Waals surface area (Å²) in [5, 5.41) is 7.53. The zero-order valence-corrected chi connectivity index (χ0v) is 19.5. The maximum atomic E-state index is 4.74. The average Bonchev–Trinajstić information content (AvgIpc) is 3.47. The third kappa shape index (κ3) is 2.54. The van der Waals surface area contributed by atoms with Crippen LogP contribution in [0.4, 0.5) is 0 Å². The molecule has 0 radical (unpaired) electrons. The molecule has 3 heterocycles. The summed E-state index contributed by atoms with van der Waals surface area (Å²) in [6.45, 7) is 0. The van der Waals surface area contributed by atoms with Crippen LogP contribution in [0.3, 0.4) is 0 Å². The number of para-hydroxylation sites is 3. The first kappa shape index (κ1) is 19.4. The highest BCUT2D eigenvalue weighted by molar-refractivity contribution is 6.27. The summed E-state index contributed by atoms with van der Waals surface area (Å²) in [4.78, 5) is 4.74. The molecule has 3 heteroatoms. The van der Waals surface area contributed by atoms with Crippen molar-refractivity contribution in [3.05, 3.63) is 128 Å². The van der Waals surface area contributed by atoms with Gasteiger partial charge in [-0.25, -0.2) is 4.98 Å². The van der Waals surface area contributed by atoms with Crippen LogP contribution in [0, 0.1) is 0 Å². The van der Waals surface area contributed by atoms with Gasteiger partial charge in [0.05, 0.1) is 22.1 Å². The molecule has 3 nitrogen and oxygen atoms in total. The molecule has 36 heavy (non-hydrogen) atoms. The lowest BCUT2D eigenvalue weighted by molar-refractivity contribution is 1.08. The number of nitrogens with zero attached hydrogens (tertiary/aromatic N) is 3. The molecule has 0 saturated carbocycles. The van der Waals surface area contributed by atoms with Gasteiger partial charge in [-0.15, -0.1) is 0 Å². The Morgan fingerprint density at radius 1 is 0.417 bits per heavy atom. The Morgan fingerprint density at radius 3 is 1.86 bits per heavy atom. The SMILES string of the molecule is c1ccc(-n2c3ccccc3c3c4ccc5c6ccccc6n(-c6ccccn6)c5c4ccc32)cc1. The predicted octanol–water partition coefficient (Wildman–Crippen LogP) is 8.43. The number of hydrogen-bond acceptors (Lipinski definition) is 1. The van der Waals surface area contributed by atoms with E-state index in [0.29, 0.717) is 0 Å². The Labute approximate surface area is 207 Å². The minimum absolute atomic E-state index is 0.933. The van der Waals surface area contributed by atoms with Gasteiger partial charge in [0, 0.05) is 38.8 Å². The molecular formula is C33H21N3. The molecule has 5 aromatic carbocycles. The average molecular weight is 460 g/mol. The Hall–Kier alpha value is -4.89. The number of rotatable bonds is 2. The van der Waals surface area contributed by atoms with Crippen molar-refractivity contribution in [2.24, 2.45) is 0 Å². The quantitative estimate of drug-likeness (QED) is 0.254. The lowest BCUT2D eigenvalue weighted by atomic mass is 10.0. The second-order valence-corrected chi connectivity index (χ2v) is 9.25. The second-order valence-electron chi connectivity index (χ2n) is 9.25. The van der Waals surface area contributed by atoms with Crippen LogP contribution in [0.1, 0.15) is 0 Å². The fourth-order valence-electron chi connectivity index (χ4n) is 5.91. The van der Waals surface area contributed by atoms with E-state index in [9.17, 15) is 0 Å². The number of pyridine rings is 1. The van der Waals surface area contributed by atoms with Gasteiger partial charge in [-0.05, 0) is 47.9 Å². The van der Waals surface area contributed by atoms with Crippen LogP contribution in [0.25, 0.3) is 65.9 Å². The summed E-state index contributed by atoms with van der Waals surface area (Å²) < 4.78 is 4.69. The van der Waals surface area contributed by atoms with Crippen molar-refractivity contribution in [1.82, 2.24) is 14.1 Å². The first-order valence-corrected chi connectivity index (χ1v) is 12.2. The van der Waals surface area contributed by atoms with Gasteiger partial charge in [0.1, 0.15) is 5.82 Å². The lowest BCUT2D eigenvalue weighted by Crippen LogP contribution is -1.97. The summed E-state index contributed by atoms with van der Waals surface area (Å²) in [6.07, 6.45) is 1.87. The van der Waals surface area contributed by atoms with Gasteiger partial charge in [0.2, 0.25) is 0 Å². The first-order chi connectivity index (χ1) is 17.9. The van der Waals surface area contributed by atoms with Gasteiger partial charge in [0.15, 0.2) is 0 Å². The van der Waals surface area contributed by atoms with Crippen molar-refractivity contribution in [2.75, 3.05) is 0 Å². The Bertz CT molecular complexity index is 2080. The zero-order chi connectivity index (χ0) is 23.6. The van der Waals surface area contributed by atoms with E-state index in [1.165, 1.54) is 60.1 Å². The fraction of sp³-hybridized carbons (Fsp3) is 0. The van der Waals surface area contributed by atoms with E-state index < -0.39 is 0 Å². The molecule has 0 atom stereocenters. The zero-order valence-electron chi connectivity index (χ0n) is 19.5. The van der Waals surface area contributed by atoms with Crippen LogP contribution >= 0.6 is 0 Å². The maximum absolute atomic E-state index is 4.74. The molecule has 0 saturated heterocycles. The van der Waals surface area contributed by atoms with Crippen LogP contribution in [-0.4, -0.2) is 14.1 Å². The van der Waals surface area contributed by atoms with E-state index in [1.807, 2.05) is 12.3 Å². The van der Waals surface area contributed by atoms with Crippen LogP contribution in [-0.2, 0) is 0 Å². The van der Waals surface area contributed by atoms with Crippen LogP contribution in [0.5, 0.6) is 0 Å². The molecule has 0 aliphatic carbocycles. The highest BCUT2D eigenvalue weighted by Gasteiger charge is 2.19. The molecule has 3 aromatic heterocycles. The van der Waals surface area contributed by atoms with Crippen LogP contribution < -0.4 is 0 Å². The molecular weight excluding hydrogens is 438 g/mol. The van der Waals surface area contributed by atoms with Crippen LogP contribution in [0.15, 0.2) is 128 Å². The number of hydrogen-bond donors (Lipinski definition) is 0. The van der Waals surface area contributed by atoms with Gasteiger partial charge < -0.3 is 4.57 Å². The van der Waals surface area contributed by atoms with Crippen molar-refractivity contribution in [3.63, 3.8) is 0 Å². The minimum Gasteiger partial charge on any atom is -0.309 e. The molecule has 0 spiro atoms. The summed E-state index contributed by atoms with van der Waals surface area (Å²) in [6, 6.07) is 43.3. The largest absolute Gasteiger partial charge is 0.309 e. The van der Waals surface area contributed by atoms with Crippen LogP contribution in [0.2, 0.25) is 0 Å². The lowest BCUT2D eigenvalue weighted by Gasteiger charge is -2.10. The minimum atomic E-state index is 0.933. The molecule has 0 unspecified atom stereocenters. The predicted molar refractivity (Wildman–Crippen MR) is 150 cm³/mol. The molecule has 8 aromatic rings. The molecule has 168 valence electrons. The van der Waals surface area contributed by atoms with Gasteiger partial charge in [-0.3, -0.25) is 4.57 Å². The highest BCUT2D eigenvalue weighted by Crippen LogP contribution is 2.41. The molecule has 0 aliphatic rings. The topological polar surface area (TPSA) is 22.8 Å². The van der Waals surface area contributed by atoms with E-state index in [2.05, 4.69) is 124 Å². The third-order valence-corrected chi connectivity index (χ3v) is 7.36. The van der Waals surface area contributed by atoms with Crippen molar-refractivity contribution < 1.29 is 0 Å². The normalized spacial score (nSPS) is 11.9. The van der Waals surface area contributed by atoms with E-state index in [4.69, 9.17) is 4.98 Å². The number of fused-ring (bicyclic) bond motifs is 9. The van der Waals surface area contributed by atoms with Gasteiger partial charge in [-0.2, -0.15) is 0 Å². The van der Waals surface area contributed by atoms with E-state index >= 15 is 0 Å². The third-order valence-electron chi connectivity index (χ3n) is 7.36. The van der Waals surface area contributed by atoms with E-state index in [-0.39, 0.29) is 0 Å². The molecule has 0 amide bonds. The monoisotopic (exact) mass is 459 g/mol. The van der Waals surface area contributed by atoms with Gasteiger partial charge >= 0.3 is 0 Å². The summed E-state index contributed by atoms with van der Waals surface area (Å²) >= 11 is 0. The first-order valence-electron chi connectivity index (χ1n) is 12.2. The molecule has 8 rings (SSSR count). The van der Waals surface area contributed by atoms with Gasteiger partial charge in [-0.1, -0.05) is 78.9 Å². The van der Waals surface area contributed by atoms with Gasteiger partial charge in [0.25, 0.3) is 0 Å². The van der Waals surface area contributed by atoms with E-state index in [0.717, 1.165) is 5.82 Å². The van der Waals surface area contributed by atoms with Crippen molar-refractivity contribution >= 4 is 54.4 Å². The Kier molecular flexibility index (Phi) is 3.94. The smallest absolute Gasteiger partial charge is 0.137 e.